The molecule has 9 N–H and O–H groups in total. The summed E-state index contributed by atoms with van der Waals surface area (Å²) in [5.74, 6) is -4.21. The minimum absolute atomic E-state index is 0.0255. The number of primary amides is 1. The van der Waals surface area contributed by atoms with Crippen LogP contribution in [-0.2, 0) is 24.0 Å². The van der Waals surface area contributed by atoms with E-state index in [1.54, 1.807) is 13.8 Å². The van der Waals surface area contributed by atoms with Gasteiger partial charge in [-0.3, -0.25) is 19.2 Å². The van der Waals surface area contributed by atoms with Crippen LogP contribution >= 0.6 is 0 Å². The summed E-state index contributed by atoms with van der Waals surface area (Å²) < 4.78 is 0. The van der Waals surface area contributed by atoms with E-state index in [4.69, 9.17) is 16.6 Å². The van der Waals surface area contributed by atoms with Gasteiger partial charge in [-0.05, 0) is 25.7 Å². The average molecular weight is 417 g/mol. The third-order valence-electron chi connectivity index (χ3n) is 3.90. The fraction of sp³-hybridized carbons (Fsp3) is 0.706. The van der Waals surface area contributed by atoms with E-state index in [1.165, 1.54) is 6.92 Å². The average Bonchev–Trinajstić information content (AvgIpc) is 2.60. The Labute approximate surface area is 168 Å². The molecule has 0 heterocycles. The molecule has 0 aromatic rings. The quantitative estimate of drug-likeness (QED) is 0.165. The minimum Gasteiger partial charge on any atom is -0.480 e. The summed E-state index contributed by atoms with van der Waals surface area (Å²) in [6, 6.07) is -3.62. The Balaban J connectivity index is 4.89. The number of rotatable bonds is 13. The molecule has 0 aliphatic carbocycles. The molecule has 4 unspecified atom stereocenters. The van der Waals surface area contributed by atoms with Crippen molar-refractivity contribution in [3.8, 4) is 0 Å². The second-order valence-corrected chi connectivity index (χ2v) is 7.14. The third kappa shape index (κ3) is 11.0. The van der Waals surface area contributed by atoms with Gasteiger partial charge in [0.15, 0.2) is 0 Å². The highest BCUT2D eigenvalue weighted by molar-refractivity contribution is 5.93. The van der Waals surface area contributed by atoms with Crippen LogP contribution in [0.2, 0.25) is 0 Å². The Morgan fingerprint density at radius 2 is 1.55 bits per heavy atom. The molecule has 0 fully saturated rings. The summed E-state index contributed by atoms with van der Waals surface area (Å²) in [6.45, 7) is 4.36. The van der Waals surface area contributed by atoms with Gasteiger partial charge in [0.25, 0.3) is 0 Å². The predicted molar refractivity (Wildman–Crippen MR) is 102 cm³/mol. The van der Waals surface area contributed by atoms with Crippen molar-refractivity contribution in [1.29, 1.82) is 0 Å². The van der Waals surface area contributed by atoms with Crippen LogP contribution in [0.3, 0.4) is 0 Å². The highest BCUT2D eigenvalue weighted by atomic mass is 16.4. The van der Waals surface area contributed by atoms with Crippen molar-refractivity contribution in [3.63, 3.8) is 0 Å². The van der Waals surface area contributed by atoms with E-state index in [2.05, 4.69) is 16.0 Å². The Morgan fingerprint density at radius 3 is 2.00 bits per heavy atom. The Kier molecular flexibility index (Phi) is 11.5. The number of aliphatic hydroxyl groups excluding tert-OH is 1. The molecule has 0 rings (SSSR count). The zero-order valence-corrected chi connectivity index (χ0v) is 16.8. The van der Waals surface area contributed by atoms with Crippen molar-refractivity contribution in [1.82, 2.24) is 16.0 Å². The number of nitrogens with two attached hydrogens (primary N) is 2. The molecule has 0 saturated heterocycles. The molecule has 29 heavy (non-hydrogen) atoms. The molecule has 4 atom stereocenters. The van der Waals surface area contributed by atoms with Gasteiger partial charge in [-0.2, -0.15) is 0 Å². The van der Waals surface area contributed by atoms with E-state index in [0.717, 1.165) is 0 Å². The highest BCUT2D eigenvalue weighted by Crippen LogP contribution is 2.05. The molecule has 0 aromatic carbocycles. The number of nitrogens with one attached hydrogen (secondary N) is 3. The lowest BCUT2D eigenvalue weighted by Gasteiger charge is -2.22. The van der Waals surface area contributed by atoms with Gasteiger partial charge in [-0.25, -0.2) is 4.79 Å². The second-order valence-electron chi connectivity index (χ2n) is 7.14. The molecule has 0 radical (unpaired) electrons. The van der Waals surface area contributed by atoms with E-state index in [9.17, 15) is 29.1 Å². The van der Waals surface area contributed by atoms with Crippen molar-refractivity contribution < 1.29 is 34.2 Å². The smallest absolute Gasteiger partial charge is 0.326 e. The van der Waals surface area contributed by atoms with Crippen LogP contribution in [0.15, 0.2) is 0 Å². The van der Waals surface area contributed by atoms with Crippen LogP contribution in [0.4, 0.5) is 0 Å². The molecule has 166 valence electrons. The lowest BCUT2D eigenvalue weighted by atomic mass is 10.0. The van der Waals surface area contributed by atoms with E-state index in [-0.39, 0.29) is 25.2 Å². The fourth-order valence-electron chi connectivity index (χ4n) is 2.27. The second kappa shape index (κ2) is 12.7. The number of hydrogen-bond acceptors (Lipinski definition) is 7. The zero-order valence-electron chi connectivity index (χ0n) is 16.8. The van der Waals surface area contributed by atoms with Crippen LogP contribution in [0.25, 0.3) is 0 Å². The molecule has 0 bridgehead atoms. The summed E-state index contributed by atoms with van der Waals surface area (Å²) in [5, 5.41) is 25.4. The number of hydrogen-bond donors (Lipinski definition) is 7. The lowest BCUT2D eigenvalue weighted by molar-refractivity contribution is -0.142. The number of carboxylic acid groups (broad SMARTS) is 1. The van der Waals surface area contributed by atoms with Gasteiger partial charge in [0, 0.05) is 6.42 Å². The number of aliphatic hydroxyl groups is 1. The molecule has 0 aliphatic heterocycles. The molecule has 0 aliphatic rings. The SMILES string of the molecule is CC(C)CC(NC(=O)CNC(=O)C(CCC(N)=O)NC(=O)C(N)C(C)O)C(=O)O. The molecule has 4 amide bonds. The number of aliphatic carboxylic acids is 1. The Morgan fingerprint density at radius 1 is 0.966 bits per heavy atom. The first-order valence-corrected chi connectivity index (χ1v) is 9.17. The van der Waals surface area contributed by atoms with E-state index < -0.39 is 60.4 Å². The van der Waals surface area contributed by atoms with Crippen LogP contribution in [-0.4, -0.2) is 70.6 Å². The molecule has 12 heteroatoms. The number of carbonyl (C=O) groups excluding carboxylic acids is 4. The summed E-state index contributed by atoms with van der Waals surface area (Å²) in [7, 11) is 0. The normalized spacial score (nSPS) is 15.0. The van der Waals surface area contributed by atoms with Gasteiger partial charge in [0.1, 0.15) is 18.1 Å². The van der Waals surface area contributed by atoms with Crippen molar-refractivity contribution >= 4 is 29.6 Å². The van der Waals surface area contributed by atoms with Gasteiger partial charge in [-0.15, -0.1) is 0 Å². The topological polar surface area (TPSA) is 214 Å². The van der Waals surface area contributed by atoms with Gasteiger partial charge >= 0.3 is 5.97 Å². The Hall–Kier alpha value is -2.73. The van der Waals surface area contributed by atoms with Crippen LogP contribution in [0, 0.1) is 5.92 Å². The predicted octanol–water partition coefficient (Wildman–Crippen LogP) is -2.82. The minimum atomic E-state index is -1.30. The monoisotopic (exact) mass is 417 g/mol. The number of carboxylic acids is 1. The van der Waals surface area contributed by atoms with Crippen LogP contribution in [0.5, 0.6) is 0 Å². The molecule has 0 saturated carbocycles. The first-order valence-electron chi connectivity index (χ1n) is 9.17. The van der Waals surface area contributed by atoms with E-state index in [1.807, 2.05) is 0 Å². The highest BCUT2D eigenvalue weighted by Gasteiger charge is 2.27. The maximum atomic E-state index is 12.3. The molecular weight excluding hydrogens is 386 g/mol. The summed E-state index contributed by atoms with van der Waals surface area (Å²) >= 11 is 0. The summed E-state index contributed by atoms with van der Waals surface area (Å²) in [6.07, 6.45) is -1.32. The fourth-order valence-corrected chi connectivity index (χ4v) is 2.27. The lowest BCUT2D eigenvalue weighted by Crippen LogP contribution is -2.55. The molecule has 0 spiro atoms. The van der Waals surface area contributed by atoms with E-state index >= 15 is 0 Å². The van der Waals surface area contributed by atoms with Crippen LogP contribution in [0.1, 0.15) is 40.0 Å². The Bertz CT molecular complexity index is 609. The largest absolute Gasteiger partial charge is 0.480 e. The first kappa shape index (κ1) is 26.3. The van der Waals surface area contributed by atoms with Crippen molar-refractivity contribution in [2.45, 2.75) is 64.3 Å². The summed E-state index contributed by atoms with van der Waals surface area (Å²) in [4.78, 5) is 58.4. The number of carbonyl (C=O) groups is 5. The van der Waals surface area contributed by atoms with Gasteiger partial charge in [0.05, 0.1) is 12.6 Å². The zero-order chi connectivity index (χ0) is 22.7. The van der Waals surface area contributed by atoms with Crippen LogP contribution < -0.4 is 27.4 Å². The van der Waals surface area contributed by atoms with Gasteiger partial charge < -0.3 is 37.6 Å². The first-order chi connectivity index (χ1) is 13.3. The van der Waals surface area contributed by atoms with Crippen molar-refractivity contribution in [2.75, 3.05) is 6.54 Å². The molecule has 0 aromatic heterocycles. The molecule has 12 nitrogen and oxygen atoms in total. The summed E-state index contributed by atoms with van der Waals surface area (Å²) in [5.41, 5.74) is 10.6. The standard InChI is InChI=1S/C17H31N5O7/c1-8(2)6-11(17(28)29)21-13(25)7-20-15(26)10(4-5-12(18)24)22-16(27)14(19)9(3)23/h8-11,14,23H,4-7,19H2,1-3H3,(H2,18,24)(H,20,26)(H,21,25)(H,22,27)(H,28,29). The molecular formula is C17H31N5O7. The van der Waals surface area contributed by atoms with Gasteiger partial charge in [-0.1, -0.05) is 13.8 Å². The maximum absolute atomic E-state index is 12.3. The maximum Gasteiger partial charge on any atom is 0.326 e. The van der Waals surface area contributed by atoms with Crippen molar-refractivity contribution in [2.24, 2.45) is 17.4 Å². The number of amides is 4. The van der Waals surface area contributed by atoms with E-state index in [0.29, 0.717) is 0 Å². The third-order valence-corrected chi connectivity index (χ3v) is 3.90. The van der Waals surface area contributed by atoms with Gasteiger partial charge in [0.2, 0.25) is 23.6 Å². The van der Waals surface area contributed by atoms with Crippen molar-refractivity contribution in [3.05, 3.63) is 0 Å².